The molecule has 1 aliphatic carbocycles. The average Bonchev–Trinajstić information content (AvgIpc) is 2.67. The molecule has 1 atom stereocenters. The summed E-state index contributed by atoms with van der Waals surface area (Å²) in [6.07, 6.45) is 3.43. The highest BCUT2D eigenvalue weighted by Crippen LogP contribution is 2.30. The Hall–Kier alpha value is -2.18. The van der Waals surface area contributed by atoms with E-state index in [0.29, 0.717) is 12.5 Å². The minimum Gasteiger partial charge on any atom is -0.355 e. The fourth-order valence-electron chi connectivity index (χ4n) is 3.37. The van der Waals surface area contributed by atoms with Crippen molar-refractivity contribution in [3.63, 3.8) is 0 Å². The van der Waals surface area contributed by atoms with Gasteiger partial charge in [0.15, 0.2) is 0 Å². The molecule has 0 spiro atoms. The Morgan fingerprint density at radius 3 is 2.58 bits per heavy atom. The van der Waals surface area contributed by atoms with Crippen LogP contribution in [0.1, 0.15) is 36.3 Å². The Kier molecular flexibility index (Phi) is 6.06. The Morgan fingerprint density at radius 1 is 1.04 bits per heavy atom. The normalized spacial score (nSPS) is 16.7. The van der Waals surface area contributed by atoms with Gasteiger partial charge in [0.05, 0.1) is 4.90 Å². The molecule has 1 unspecified atom stereocenters. The number of rotatable bonds is 7. The van der Waals surface area contributed by atoms with Gasteiger partial charge in [0.1, 0.15) is 0 Å². The molecule has 3 rings (SSSR count). The summed E-state index contributed by atoms with van der Waals surface area (Å²) in [7, 11) is -3.56. The van der Waals surface area contributed by atoms with E-state index in [1.54, 1.807) is 18.2 Å². The maximum Gasteiger partial charge on any atom is 0.240 e. The number of fused-ring (bicyclic) bond motifs is 1. The van der Waals surface area contributed by atoms with Crippen molar-refractivity contribution in [3.05, 3.63) is 65.7 Å². The van der Waals surface area contributed by atoms with Crippen LogP contribution in [0.5, 0.6) is 0 Å². The highest BCUT2D eigenvalue weighted by molar-refractivity contribution is 7.89. The van der Waals surface area contributed by atoms with E-state index < -0.39 is 10.0 Å². The Morgan fingerprint density at radius 2 is 1.77 bits per heavy atom. The number of hydrogen-bond donors (Lipinski definition) is 2. The molecule has 0 bridgehead atoms. The van der Waals surface area contributed by atoms with Crippen LogP contribution in [0.2, 0.25) is 0 Å². The number of aryl methyl sites for hydroxylation is 1. The third kappa shape index (κ3) is 4.71. The molecule has 0 saturated heterocycles. The summed E-state index contributed by atoms with van der Waals surface area (Å²) in [5.41, 5.74) is 2.69. The zero-order chi connectivity index (χ0) is 18.4. The van der Waals surface area contributed by atoms with E-state index in [0.717, 1.165) is 19.3 Å². The van der Waals surface area contributed by atoms with E-state index in [-0.39, 0.29) is 23.8 Å². The van der Waals surface area contributed by atoms with E-state index in [9.17, 15) is 13.2 Å². The number of nitrogens with one attached hydrogen (secondary N) is 2. The minimum atomic E-state index is -3.56. The van der Waals surface area contributed by atoms with Gasteiger partial charge in [0, 0.05) is 25.4 Å². The monoisotopic (exact) mass is 372 g/mol. The van der Waals surface area contributed by atoms with Gasteiger partial charge < -0.3 is 5.32 Å². The summed E-state index contributed by atoms with van der Waals surface area (Å²) in [6, 6.07) is 16.5. The van der Waals surface area contributed by atoms with Gasteiger partial charge in [-0.2, -0.15) is 0 Å². The van der Waals surface area contributed by atoms with E-state index in [2.05, 4.69) is 28.2 Å². The van der Waals surface area contributed by atoms with E-state index in [1.165, 1.54) is 23.3 Å². The van der Waals surface area contributed by atoms with E-state index >= 15 is 0 Å². The number of carbonyl (C=O) groups excluding carboxylic acids is 1. The molecule has 6 heteroatoms. The molecule has 0 fully saturated rings. The maximum absolute atomic E-state index is 12.1. The first kappa shape index (κ1) is 18.6. The molecule has 0 radical (unpaired) electrons. The molecule has 0 aromatic heterocycles. The molecule has 2 aromatic rings. The van der Waals surface area contributed by atoms with E-state index in [4.69, 9.17) is 0 Å². The second-order valence-electron chi connectivity index (χ2n) is 6.55. The van der Waals surface area contributed by atoms with Crippen molar-refractivity contribution in [3.8, 4) is 0 Å². The predicted octanol–water partition coefficient (Wildman–Crippen LogP) is 2.59. The third-order valence-corrected chi connectivity index (χ3v) is 6.21. The quantitative estimate of drug-likeness (QED) is 0.784. The summed E-state index contributed by atoms with van der Waals surface area (Å²) in [5, 5.41) is 2.95. The summed E-state index contributed by atoms with van der Waals surface area (Å²) in [4.78, 5) is 12.3. The van der Waals surface area contributed by atoms with Crippen molar-refractivity contribution in [2.24, 2.45) is 0 Å². The van der Waals surface area contributed by atoms with Crippen LogP contribution in [0.25, 0.3) is 0 Å². The summed E-state index contributed by atoms with van der Waals surface area (Å²) >= 11 is 0. The summed E-state index contributed by atoms with van der Waals surface area (Å²) in [5.74, 6) is 0.203. The van der Waals surface area contributed by atoms with E-state index in [1.807, 2.05) is 6.07 Å². The molecule has 2 N–H and O–H groups in total. The van der Waals surface area contributed by atoms with Crippen molar-refractivity contribution in [2.75, 3.05) is 13.1 Å². The summed E-state index contributed by atoms with van der Waals surface area (Å²) < 4.78 is 26.7. The fraction of sp³-hybridized carbons (Fsp3) is 0.350. The van der Waals surface area contributed by atoms with Gasteiger partial charge in [-0.25, -0.2) is 13.1 Å². The first-order valence-corrected chi connectivity index (χ1v) is 10.4. The number of sulfonamides is 1. The van der Waals surface area contributed by atoms with Crippen molar-refractivity contribution in [1.29, 1.82) is 0 Å². The highest BCUT2D eigenvalue weighted by Gasteiger charge is 2.20. The molecule has 0 aliphatic heterocycles. The van der Waals surface area contributed by atoms with Crippen LogP contribution in [0.3, 0.4) is 0 Å². The zero-order valence-electron chi connectivity index (χ0n) is 14.6. The number of carbonyl (C=O) groups is 1. The van der Waals surface area contributed by atoms with Crippen molar-refractivity contribution >= 4 is 15.9 Å². The standard InChI is InChI=1S/C20H24N2O3S/c23-20(13-14-22-26(24,25)18-10-2-1-3-11-18)21-15-17-9-6-8-16-7-4-5-12-19(16)17/h1-5,7,10-12,17,22H,6,8-9,13-15H2,(H,21,23). The van der Waals surface area contributed by atoms with Crippen LogP contribution in [-0.2, 0) is 21.2 Å². The molecule has 138 valence electrons. The molecule has 2 aromatic carbocycles. The average molecular weight is 372 g/mol. The lowest BCUT2D eigenvalue weighted by molar-refractivity contribution is -0.121. The molecule has 5 nitrogen and oxygen atoms in total. The lowest BCUT2D eigenvalue weighted by Crippen LogP contribution is -2.33. The van der Waals surface area contributed by atoms with Gasteiger partial charge in [0.2, 0.25) is 15.9 Å². The van der Waals surface area contributed by atoms with Gasteiger partial charge in [-0.05, 0) is 42.5 Å². The Labute approximate surface area is 154 Å². The Bertz CT molecular complexity index is 850. The van der Waals surface area contributed by atoms with Gasteiger partial charge in [-0.1, -0.05) is 42.5 Å². The van der Waals surface area contributed by atoms with Crippen LogP contribution >= 0.6 is 0 Å². The van der Waals surface area contributed by atoms with Gasteiger partial charge >= 0.3 is 0 Å². The molecule has 0 saturated carbocycles. The van der Waals surface area contributed by atoms with Crippen molar-refractivity contribution < 1.29 is 13.2 Å². The number of amides is 1. The van der Waals surface area contributed by atoms with Gasteiger partial charge in [-0.3, -0.25) is 4.79 Å². The second kappa shape index (κ2) is 8.47. The predicted molar refractivity (Wildman–Crippen MR) is 101 cm³/mol. The lowest BCUT2D eigenvalue weighted by Gasteiger charge is -2.25. The van der Waals surface area contributed by atoms with Crippen LogP contribution in [0.4, 0.5) is 0 Å². The first-order valence-electron chi connectivity index (χ1n) is 8.95. The van der Waals surface area contributed by atoms with Crippen LogP contribution in [0, 0.1) is 0 Å². The Balaban J connectivity index is 1.46. The van der Waals surface area contributed by atoms with Crippen LogP contribution in [0.15, 0.2) is 59.5 Å². The zero-order valence-corrected chi connectivity index (χ0v) is 15.5. The molecule has 0 heterocycles. The SMILES string of the molecule is O=C(CCNS(=O)(=O)c1ccccc1)NCC1CCCc2ccccc21. The maximum atomic E-state index is 12.1. The minimum absolute atomic E-state index is 0.0876. The first-order chi connectivity index (χ1) is 12.6. The van der Waals surface area contributed by atoms with Crippen molar-refractivity contribution in [2.45, 2.75) is 36.5 Å². The number of benzene rings is 2. The third-order valence-electron chi connectivity index (χ3n) is 4.74. The van der Waals surface area contributed by atoms with Crippen LogP contribution in [-0.4, -0.2) is 27.4 Å². The molecular formula is C20H24N2O3S. The van der Waals surface area contributed by atoms with Crippen LogP contribution < -0.4 is 10.0 Å². The largest absolute Gasteiger partial charge is 0.355 e. The number of hydrogen-bond acceptors (Lipinski definition) is 3. The summed E-state index contributed by atoms with van der Waals surface area (Å²) in [6.45, 7) is 0.686. The lowest BCUT2D eigenvalue weighted by atomic mass is 9.83. The highest BCUT2D eigenvalue weighted by atomic mass is 32.2. The topological polar surface area (TPSA) is 75.3 Å². The van der Waals surface area contributed by atoms with Gasteiger partial charge in [0.25, 0.3) is 0 Å². The van der Waals surface area contributed by atoms with Gasteiger partial charge in [-0.15, -0.1) is 0 Å². The molecule has 1 aliphatic rings. The second-order valence-corrected chi connectivity index (χ2v) is 8.32. The fourth-order valence-corrected chi connectivity index (χ4v) is 4.43. The van der Waals surface area contributed by atoms with Crippen molar-refractivity contribution in [1.82, 2.24) is 10.0 Å². The molecule has 1 amide bonds. The smallest absolute Gasteiger partial charge is 0.240 e. The molecular weight excluding hydrogens is 348 g/mol. The molecule has 26 heavy (non-hydrogen) atoms.